The highest BCUT2D eigenvalue weighted by molar-refractivity contribution is 5.93. The Morgan fingerprint density at radius 2 is 1.76 bits per heavy atom. The molecule has 0 fully saturated rings. The van der Waals surface area contributed by atoms with E-state index in [1.807, 2.05) is 61.5 Å². The summed E-state index contributed by atoms with van der Waals surface area (Å²) >= 11 is 0. The van der Waals surface area contributed by atoms with E-state index in [1.54, 1.807) is 13.0 Å². The highest BCUT2D eigenvalue weighted by atomic mass is 16.1. The summed E-state index contributed by atoms with van der Waals surface area (Å²) in [5.41, 5.74) is 3.48. The van der Waals surface area contributed by atoms with Crippen molar-refractivity contribution in [1.29, 1.82) is 0 Å². The van der Waals surface area contributed by atoms with Gasteiger partial charge in [-0.2, -0.15) is 0 Å². The van der Waals surface area contributed by atoms with E-state index in [-0.39, 0.29) is 5.91 Å². The molecule has 25 heavy (non-hydrogen) atoms. The smallest absolute Gasteiger partial charge is 0.270 e. The topological polar surface area (TPSA) is 66.9 Å². The van der Waals surface area contributed by atoms with Crippen molar-refractivity contribution in [2.45, 2.75) is 20.4 Å². The number of hydrogen-bond donors (Lipinski definition) is 2. The molecule has 3 aromatic rings. The van der Waals surface area contributed by atoms with Crippen molar-refractivity contribution in [2.75, 3.05) is 5.32 Å². The van der Waals surface area contributed by atoms with Crippen molar-refractivity contribution in [2.24, 2.45) is 0 Å². The van der Waals surface area contributed by atoms with Gasteiger partial charge in [0.15, 0.2) is 0 Å². The van der Waals surface area contributed by atoms with Gasteiger partial charge in [0.25, 0.3) is 5.91 Å². The number of aromatic nitrogens is 2. The second-order valence-electron chi connectivity index (χ2n) is 5.85. The zero-order valence-electron chi connectivity index (χ0n) is 14.3. The molecule has 0 unspecified atom stereocenters. The maximum Gasteiger partial charge on any atom is 0.270 e. The van der Waals surface area contributed by atoms with E-state index in [4.69, 9.17) is 0 Å². The van der Waals surface area contributed by atoms with Gasteiger partial charge in [-0.05, 0) is 31.5 Å². The second-order valence-corrected chi connectivity index (χ2v) is 5.85. The van der Waals surface area contributed by atoms with Crippen molar-refractivity contribution in [3.8, 4) is 0 Å². The summed E-state index contributed by atoms with van der Waals surface area (Å²) in [6.07, 6.45) is 0. The van der Waals surface area contributed by atoms with E-state index in [1.165, 1.54) is 5.56 Å². The molecule has 0 atom stereocenters. The minimum Gasteiger partial charge on any atom is -0.347 e. The molecule has 0 radical (unpaired) electrons. The number of benzene rings is 2. The van der Waals surface area contributed by atoms with Crippen LogP contribution < -0.4 is 10.6 Å². The van der Waals surface area contributed by atoms with Gasteiger partial charge in [-0.15, -0.1) is 0 Å². The first-order valence-corrected chi connectivity index (χ1v) is 8.12. The molecule has 0 saturated heterocycles. The predicted octanol–water partition coefficient (Wildman–Crippen LogP) is 3.77. The van der Waals surface area contributed by atoms with Gasteiger partial charge < -0.3 is 10.6 Å². The van der Waals surface area contributed by atoms with Crippen LogP contribution in [0.5, 0.6) is 0 Å². The van der Waals surface area contributed by atoms with Crippen molar-refractivity contribution < 1.29 is 4.79 Å². The number of hydrogen-bond acceptors (Lipinski definition) is 4. The zero-order valence-corrected chi connectivity index (χ0v) is 14.3. The molecular formula is C20H20N4O. The molecule has 1 aromatic heterocycles. The normalized spacial score (nSPS) is 10.3. The number of rotatable bonds is 5. The summed E-state index contributed by atoms with van der Waals surface area (Å²) in [7, 11) is 0. The number of para-hydroxylation sites is 1. The third kappa shape index (κ3) is 4.64. The Morgan fingerprint density at radius 3 is 2.52 bits per heavy atom. The van der Waals surface area contributed by atoms with Crippen LogP contribution in [-0.2, 0) is 6.54 Å². The Labute approximate surface area is 147 Å². The molecule has 2 N–H and O–H groups in total. The number of amides is 1. The Balaban J connectivity index is 1.71. The Hall–Kier alpha value is -3.21. The van der Waals surface area contributed by atoms with Gasteiger partial charge in [-0.25, -0.2) is 9.97 Å². The first-order valence-electron chi connectivity index (χ1n) is 8.12. The summed E-state index contributed by atoms with van der Waals surface area (Å²) in [5.74, 6) is 0.921. The lowest BCUT2D eigenvalue weighted by Crippen LogP contribution is -2.24. The van der Waals surface area contributed by atoms with Crippen LogP contribution in [0.2, 0.25) is 0 Å². The monoisotopic (exact) mass is 332 g/mol. The molecule has 5 heteroatoms. The Bertz CT molecular complexity index is 878. The largest absolute Gasteiger partial charge is 0.347 e. The average Bonchev–Trinajstić information content (AvgIpc) is 2.60. The van der Waals surface area contributed by atoms with Crippen LogP contribution in [0.15, 0.2) is 60.7 Å². The molecule has 0 aliphatic rings. The fourth-order valence-corrected chi connectivity index (χ4v) is 2.51. The molecule has 126 valence electrons. The molecule has 0 aliphatic heterocycles. The van der Waals surface area contributed by atoms with Gasteiger partial charge >= 0.3 is 0 Å². The lowest BCUT2D eigenvalue weighted by Gasteiger charge is -2.09. The molecule has 0 aliphatic carbocycles. The third-order valence-electron chi connectivity index (χ3n) is 3.65. The van der Waals surface area contributed by atoms with Crippen molar-refractivity contribution in [1.82, 2.24) is 15.3 Å². The Morgan fingerprint density at radius 1 is 0.960 bits per heavy atom. The number of anilines is 2. The quantitative estimate of drug-likeness (QED) is 0.746. The highest BCUT2D eigenvalue weighted by Gasteiger charge is 2.10. The average molecular weight is 332 g/mol. The standard InChI is InChI=1S/C20H20N4O/c1-14-7-6-8-16(11-14)13-21-20(25)18-12-19(23-15(2)22-18)24-17-9-4-3-5-10-17/h3-12H,13H2,1-2H3,(H,21,25)(H,22,23,24). The van der Waals surface area contributed by atoms with E-state index in [0.29, 0.717) is 23.9 Å². The fraction of sp³-hybridized carbons (Fsp3) is 0.150. The summed E-state index contributed by atoms with van der Waals surface area (Å²) in [4.78, 5) is 21.0. The first kappa shape index (κ1) is 16.6. The van der Waals surface area contributed by atoms with Crippen molar-refractivity contribution in [3.63, 3.8) is 0 Å². The second kappa shape index (κ2) is 7.57. The van der Waals surface area contributed by atoms with E-state index in [2.05, 4.69) is 20.6 Å². The van der Waals surface area contributed by atoms with Crippen LogP contribution in [0.3, 0.4) is 0 Å². The summed E-state index contributed by atoms with van der Waals surface area (Å²) < 4.78 is 0. The van der Waals surface area contributed by atoms with E-state index < -0.39 is 0 Å². The van der Waals surface area contributed by atoms with Crippen LogP contribution in [0.25, 0.3) is 0 Å². The molecule has 0 spiro atoms. The van der Waals surface area contributed by atoms with Crippen LogP contribution in [0, 0.1) is 13.8 Å². The molecular weight excluding hydrogens is 312 g/mol. The molecule has 0 saturated carbocycles. The van der Waals surface area contributed by atoms with Gasteiger partial charge in [-0.3, -0.25) is 4.79 Å². The molecule has 3 rings (SSSR count). The predicted molar refractivity (Wildman–Crippen MR) is 98.8 cm³/mol. The summed E-state index contributed by atoms with van der Waals surface area (Å²) in [5, 5.41) is 6.09. The number of nitrogens with one attached hydrogen (secondary N) is 2. The lowest BCUT2D eigenvalue weighted by atomic mass is 10.1. The molecule has 0 bridgehead atoms. The SMILES string of the molecule is Cc1cccc(CNC(=O)c2cc(Nc3ccccc3)nc(C)n2)c1. The minimum absolute atomic E-state index is 0.219. The van der Waals surface area contributed by atoms with Crippen molar-refractivity contribution >= 4 is 17.4 Å². The van der Waals surface area contributed by atoms with Gasteiger partial charge in [0.1, 0.15) is 17.3 Å². The van der Waals surface area contributed by atoms with E-state index >= 15 is 0 Å². The zero-order chi connectivity index (χ0) is 17.6. The van der Waals surface area contributed by atoms with E-state index in [9.17, 15) is 4.79 Å². The summed E-state index contributed by atoms with van der Waals surface area (Å²) in [6.45, 7) is 4.26. The van der Waals surface area contributed by atoms with Gasteiger partial charge in [0.05, 0.1) is 0 Å². The summed E-state index contributed by atoms with van der Waals surface area (Å²) in [6, 6.07) is 19.4. The van der Waals surface area contributed by atoms with Gasteiger partial charge in [-0.1, -0.05) is 48.0 Å². The maximum atomic E-state index is 12.4. The molecule has 1 heterocycles. The lowest BCUT2D eigenvalue weighted by molar-refractivity contribution is 0.0945. The third-order valence-corrected chi connectivity index (χ3v) is 3.65. The maximum absolute atomic E-state index is 12.4. The van der Waals surface area contributed by atoms with Crippen LogP contribution in [0.4, 0.5) is 11.5 Å². The van der Waals surface area contributed by atoms with Gasteiger partial charge in [0.2, 0.25) is 0 Å². The van der Waals surface area contributed by atoms with Crippen LogP contribution in [0.1, 0.15) is 27.4 Å². The number of nitrogens with zero attached hydrogens (tertiary/aromatic N) is 2. The number of aryl methyl sites for hydroxylation is 2. The minimum atomic E-state index is -0.219. The number of carbonyl (C=O) groups is 1. The highest BCUT2D eigenvalue weighted by Crippen LogP contribution is 2.15. The number of carbonyl (C=O) groups excluding carboxylic acids is 1. The van der Waals surface area contributed by atoms with Crippen molar-refractivity contribution in [3.05, 3.63) is 83.3 Å². The Kier molecular flexibility index (Phi) is 5.04. The molecule has 5 nitrogen and oxygen atoms in total. The molecule has 2 aromatic carbocycles. The van der Waals surface area contributed by atoms with Crippen LogP contribution >= 0.6 is 0 Å². The van der Waals surface area contributed by atoms with E-state index in [0.717, 1.165) is 11.3 Å². The molecule has 1 amide bonds. The van der Waals surface area contributed by atoms with Crippen LogP contribution in [-0.4, -0.2) is 15.9 Å². The first-order chi connectivity index (χ1) is 12.1. The van der Waals surface area contributed by atoms with Gasteiger partial charge in [0, 0.05) is 18.3 Å². The fourth-order valence-electron chi connectivity index (χ4n) is 2.51.